The molecule has 0 N–H and O–H groups in total. The molecule has 0 bridgehead atoms. The van der Waals surface area contributed by atoms with E-state index in [-0.39, 0.29) is 11.9 Å². The molecule has 3 rings (SSSR count). The van der Waals surface area contributed by atoms with Gasteiger partial charge in [0.25, 0.3) is 0 Å². The van der Waals surface area contributed by atoms with Gasteiger partial charge in [-0.15, -0.1) is 0 Å². The first-order valence-electron chi connectivity index (χ1n) is 12.0. The Labute approximate surface area is 222 Å². The highest BCUT2D eigenvalue weighted by Gasteiger charge is 2.52. The average molecular weight is 569 g/mol. The monoisotopic (exact) mass is 568 g/mol. The summed E-state index contributed by atoms with van der Waals surface area (Å²) in [7, 11) is -0.489. The maximum Gasteiger partial charge on any atom is 0.498 e. The number of ether oxygens (including phenoxy) is 2. The Kier molecular flexibility index (Phi) is 9.23. The second-order valence-corrected chi connectivity index (χ2v) is 11.4. The number of rotatable bonds is 7. The Hall–Kier alpha value is -2.18. The summed E-state index contributed by atoms with van der Waals surface area (Å²) in [4.78, 5) is 23.6. The van der Waals surface area contributed by atoms with Gasteiger partial charge in [0.2, 0.25) is 0 Å². The largest absolute Gasteiger partial charge is 0.498 e. The fourth-order valence-corrected chi connectivity index (χ4v) is 3.44. The van der Waals surface area contributed by atoms with Gasteiger partial charge in [0.1, 0.15) is 0 Å². The number of hydrogen-bond acceptors (Lipinski definition) is 8. The van der Waals surface area contributed by atoms with Crippen molar-refractivity contribution in [1.29, 1.82) is 0 Å². The molecule has 12 heteroatoms. The number of nitrogens with zero attached hydrogens (tertiary/aromatic N) is 4. The van der Waals surface area contributed by atoms with Gasteiger partial charge in [-0.05, 0) is 85.2 Å². The van der Waals surface area contributed by atoms with Gasteiger partial charge >= 0.3 is 19.1 Å². The van der Waals surface area contributed by atoms with Crippen molar-refractivity contribution in [2.75, 3.05) is 13.2 Å². The highest BCUT2D eigenvalue weighted by Crippen LogP contribution is 2.36. The number of hydrogen-bond donors (Lipinski definition) is 0. The molecule has 2 aromatic heterocycles. The zero-order valence-electron chi connectivity index (χ0n) is 22.9. The second kappa shape index (κ2) is 11.1. The summed E-state index contributed by atoms with van der Waals surface area (Å²) in [6.45, 7) is 19.4. The van der Waals surface area contributed by atoms with Crippen molar-refractivity contribution in [3.63, 3.8) is 0 Å². The van der Waals surface area contributed by atoms with Gasteiger partial charge in [-0.3, -0.25) is 9.36 Å². The van der Waals surface area contributed by atoms with Crippen molar-refractivity contribution in [1.82, 2.24) is 19.6 Å². The minimum Gasteiger partial charge on any atom is -0.464 e. The molecule has 3 heterocycles. The highest BCUT2D eigenvalue weighted by atomic mass is 79.9. The summed E-state index contributed by atoms with van der Waals surface area (Å²) in [6, 6.07) is 0. The molecule has 10 nitrogen and oxygen atoms in total. The molecule has 36 heavy (non-hydrogen) atoms. The summed E-state index contributed by atoms with van der Waals surface area (Å²) in [5.41, 5.74) is -1.66. The molecule has 0 amide bonds. The van der Waals surface area contributed by atoms with Crippen LogP contribution in [0.25, 0.3) is 0 Å². The lowest BCUT2D eigenvalue weighted by atomic mass is 9.82. The van der Waals surface area contributed by atoms with Crippen LogP contribution in [0.1, 0.15) is 69.2 Å². The molecule has 0 unspecified atom stereocenters. The van der Waals surface area contributed by atoms with Gasteiger partial charge in [-0.25, -0.2) is 9.59 Å². The number of halogens is 1. The molecule has 1 aliphatic heterocycles. The van der Waals surface area contributed by atoms with E-state index in [4.69, 9.17) is 18.8 Å². The van der Waals surface area contributed by atoms with Crippen LogP contribution in [0.4, 0.5) is 0 Å². The Morgan fingerprint density at radius 1 is 0.889 bits per heavy atom. The molecule has 0 spiro atoms. The maximum atomic E-state index is 12.1. The quantitative estimate of drug-likeness (QED) is 0.369. The first kappa shape index (κ1) is 30.1. The summed E-state index contributed by atoms with van der Waals surface area (Å²) >= 11 is 3.28. The van der Waals surface area contributed by atoms with Crippen LogP contribution < -0.4 is 5.46 Å². The van der Waals surface area contributed by atoms with Crippen LogP contribution in [0.3, 0.4) is 0 Å². The molecular weight excluding hydrogens is 531 g/mol. The lowest BCUT2D eigenvalue weighted by Gasteiger charge is -2.32. The number of carbonyl (C=O) groups is 2. The van der Waals surface area contributed by atoms with Crippen LogP contribution >= 0.6 is 15.9 Å². The van der Waals surface area contributed by atoms with Crippen molar-refractivity contribution >= 4 is 40.4 Å². The smallest absolute Gasteiger partial charge is 0.464 e. The minimum atomic E-state index is -0.877. The zero-order valence-corrected chi connectivity index (χ0v) is 24.5. The standard InChI is InChI=1S/C15H25BN2O4.C9H13BrN2O2/c1-8-20-12(19)13(2,3)18-10-11(9-17-18)16-21-14(4,5)15(6,7)22-16;1-4-14-8(13)9(2,3)12-6-7(10)5-11-12/h9-10H,8H2,1-7H3;5-6H,4H2,1-3H3. The highest BCUT2D eigenvalue weighted by molar-refractivity contribution is 9.10. The van der Waals surface area contributed by atoms with Gasteiger partial charge in [-0.2, -0.15) is 10.2 Å². The number of aromatic nitrogens is 4. The fourth-order valence-electron chi connectivity index (χ4n) is 3.15. The van der Waals surface area contributed by atoms with Crippen molar-refractivity contribution in [3.8, 4) is 0 Å². The van der Waals surface area contributed by atoms with E-state index in [1.807, 2.05) is 27.7 Å². The van der Waals surface area contributed by atoms with Gasteiger partial charge in [0, 0.05) is 24.1 Å². The molecule has 200 valence electrons. The summed E-state index contributed by atoms with van der Waals surface area (Å²) < 4.78 is 26.0. The van der Waals surface area contributed by atoms with E-state index in [0.29, 0.717) is 13.2 Å². The predicted octanol–water partition coefficient (Wildman–Crippen LogP) is 3.42. The van der Waals surface area contributed by atoms with E-state index in [9.17, 15) is 9.59 Å². The van der Waals surface area contributed by atoms with Crippen molar-refractivity contribution in [2.45, 2.75) is 91.5 Å². The molecule has 1 aliphatic rings. The SMILES string of the molecule is CCOC(=O)C(C)(C)n1cc(B2OC(C)(C)C(C)(C)O2)cn1.CCOC(=O)C(C)(C)n1cc(Br)cn1. The van der Waals surface area contributed by atoms with Crippen molar-refractivity contribution in [3.05, 3.63) is 29.3 Å². The Bertz CT molecular complexity index is 1050. The molecule has 1 saturated heterocycles. The van der Waals surface area contributed by atoms with E-state index >= 15 is 0 Å². The Morgan fingerprint density at radius 3 is 1.69 bits per heavy atom. The van der Waals surface area contributed by atoms with Gasteiger partial charge in [0.05, 0.1) is 35.1 Å². The summed E-state index contributed by atoms with van der Waals surface area (Å²) in [5.74, 6) is -0.603. The van der Waals surface area contributed by atoms with Crippen LogP contribution in [-0.4, -0.2) is 63.0 Å². The zero-order chi connectivity index (χ0) is 27.5. The first-order chi connectivity index (χ1) is 16.5. The van der Waals surface area contributed by atoms with Crippen LogP contribution in [0.15, 0.2) is 29.3 Å². The third-order valence-corrected chi connectivity index (χ3v) is 6.78. The summed E-state index contributed by atoms with van der Waals surface area (Å²) in [6.07, 6.45) is 6.83. The van der Waals surface area contributed by atoms with Gasteiger partial charge in [0.15, 0.2) is 11.1 Å². The topological polar surface area (TPSA) is 107 Å². The fraction of sp³-hybridized carbons (Fsp3) is 0.667. The summed E-state index contributed by atoms with van der Waals surface area (Å²) in [5, 5.41) is 8.35. The molecule has 0 saturated carbocycles. The van der Waals surface area contributed by atoms with Crippen LogP contribution in [0, 0.1) is 0 Å². The Morgan fingerprint density at radius 2 is 1.31 bits per heavy atom. The predicted molar refractivity (Wildman–Crippen MR) is 140 cm³/mol. The van der Waals surface area contributed by atoms with E-state index < -0.39 is 29.4 Å². The van der Waals surface area contributed by atoms with Crippen molar-refractivity contribution in [2.24, 2.45) is 0 Å². The molecule has 0 radical (unpaired) electrons. The van der Waals surface area contributed by atoms with Crippen LogP contribution in [-0.2, 0) is 39.4 Å². The third kappa shape index (κ3) is 6.38. The number of esters is 2. The molecule has 0 atom stereocenters. The maximum absolute atomic E-state index is 12.1. The number of carbonyl (C=O) groups excluding carboxylic acids is 2. The minimum absolute atomic E-state index is 0.282. The van der Waals surface area contributed by atoms with Gasteiger partial charge < -0.3 is 18.8 Å². The molecule has 0 aliphatic carbocycles. The van der Waals surface area contributed by atoms with E-state index in [1.54, 1.807) is 75.7 Å². The lowest BCUT2D eigenvalue weighted by molar-refractivity contribution is -0.153. The average Bonchev–Trinajstić information content (AvgIpc) is 3.47. The first-order valence-corrected chi connectivity index (χ1v) is 12.7. The van der Waals surface area contributed by atoms with Crippen LogP contribution in [0.2, 0.25) is 0 Å². The second-order valence-electron chi connectivity index (χ2n) is 10.5. The van der Waals surface area contributed by atoms with E-state index in [2.05, 4.69) is 26.1 Å². The third-order valence-electron chi connectivity index (χ3n) is 6.37. The molecule has 2 aromatic rings. The molecular formula is C24H38BBrN4O6. The Balaban J connectivity index is 0.000000281. The van der Waals surface area contributed by atoms with Crippen LogP contribution in [0.5, 0.6) is 0 Å². The molecule has 0 aromatic carbocycles. The van der Waals surface area contributed by atoms with Gasteiger partial charge in [-0.1, -0.05) is 0 Å². The molecule has 1 fully saturated rings. The normalized spacial score (nSPS) is 16.8. The van der Waals surface area contributed by atoms with E-state index in [1.165, 1.54) is 0 Å². The lowest BCUT2D eigenvalue weighted by Crippen LogP contribution is -2.41. The van der Waals surface area contributed by atoms with E-state index in [0.717, 1.165) is 9.94 Å². The van der Waals surface area contributed by atoms with Crippen molar-refractivity contribution < 1.29 is 28.4 Å².